The summed E-state index contributed by atoms with van der Waals surface area (Å²) in [5.74, 6) is -1.86. The number of nitrogen functional groups attached to an aromatic ring is 1. The van der Waals surface area contributed by atoms with Gasteiger partial charge in [-0.05, 0) is 248 Å². The average Bonchev–Trinajstić information content (AvgIpc) is 1.54. The number of ketones is 3. The first-order valence-electron chi connectivity index (χ1n) is 45.9. The summed E-state index contributed by atoms with van der Waals surface area (Å²) in [6, 6.07) is 16.8. The molecule has 0 bridgehead atoms. The van der Waals surface area contributed by atoms with E-state index in [-0.39, 0.29) is 110 Å². The zero-order chi connectivity index (χ0) is 110. The topological polar surface area (TPSA) is 475 Å². The quantitative estimate of drug-likeness (QED) is 0.0118. The maximum atomic E-state index is 14.4. The molecule has 3 aromatic carbocycles. The van der Waals surface area contributed by atoms with Crippen LogP contribution in [0.2, 0.25) is 15.1 Å². The van der Waals surface area contributed by atoms with Crippen molar-refractivity contribution >= 4 is 152 Å². The molecular weight excluding hydrogens is 2140 g/mol. The number of aryl methyl sites for hydroxylation is 2. The molecule has 0 spiro atoms. The molecule has 14 rings (SSSR count). The normalized spacial score (nSPS) is 15.8. The molecule has 1 unspecified atom stereocenters. The van der Waals surface area contributed by atoms with Gasteiger partial charge >= 0.3 is 55.2 Å². The Morgan fingerprint density at radius 3 is 1.41 bits per heavy atom. The molecule has 0 aliphatic heterocycles. The fourth-order valence-corrected chi connectivity index (χ4v) is 16.4. The maximum absolute atomic E-state index is 14.4. The van der Waals surface area contributed by atoms with Gasteiger partial charge in [-0.15, -0.1) is 0 Å². The number of H-pyrrole nitrogens is 1. The van der Waals surface area contributed by atoms with E-state index < -0.39 is 52.3 Å². The van der Waals surface area contributed by atoms with Gasteiger partial charge in [0.2, 0.25) is 9.23 Å². The monoisotopic (exact) mass is 2280 g/mol. The molecule has 0 saturated heterocycles. The van der Waals surface area contributed by atoms with Gasteiger partial charge in [-0.2, -0.15) is 0 Å². The van der Waals surface area contributed by atoms with E-state index in [9.17, 15) is 56.3 Å². The Labute approximate surface area is 885 Å². The number of fused-ring (bicyclic) bond motifs is 3. The first-order valence-corrected chi connectivity index (χ1v) is 52.5. The summed E-state index contributed by atoms with van der Waals surface area (Å²) in [5, 5.41) is 36.2. The summed E-state index contributed by atoms with van der Waals surface area (Å²) in [7, 11) is 12.4. The fraction of sp³-hybridized carbons (Fsp3) is 0.515. The Hall–Kier alpha value is -9.33. The molecule has 2 fully saturated rings. The Morgan fingerprint density at radius 2 is 1.00 bits per heavy atom. The second kappa shape index (κ2) is 60.8. The molecular formula is C103H137Cl5CrF3IN10O20S. The van der Waals surface area contributed by atoms with E-state index in [4.69, 9.17) is 76.6 Å². The number of nitrogens with two attached hydrogens (primary N) is 1. The number of aromatic amines is 1. The minimum atomic E-state index is -3.79. The second-order valence-electron chi connectivity index (χ2n) is 40.8. The number of benzene rings is 3. The predicted molar refractivity (Wildman–Crippen MR) is 557 cm³/mol. The summed E-state index contributed by atoms with van der Waals surface area (Å²) < 4.78 is 91.5. The number of carboxylic acid groups (broad SMARTS) is 2. The number of aliphatic hydroxyl groups is 2. The number of pyridine rings is 2. The molecule has 144 heavy (non-hydrogen) atoms. The molecule has 6 aliphatic carbocycles. The first kappa shape index (κ1) is 131. The van der Waals surface area contributed by atoms with E-state index in [0.717, 1.165) is 127 Å². The van der Waals surface area contributed by atoms with Crippen LogP contribution < -0.4 is 16.6 Å². The van der Waals surface area contributed by atoms with Crippen molar-refractivity contribution in [2.75, 3.05) is 46.1 Å². The number of aliphatic hydroxyl groups excluding tert-OH is 2. The van der Waals surface area contributed by atoms with Crippen LogP contribution in [0.3, 0.4) is 0 Å². The van der Waals surface area contributed by atoms with E-state index in [1.54, 1.807) is 69.8 Å². The number of carbonyl (C=O) groups excluding carboxylic acids is 6. The van der Waals surface area contributed by atoms with Crippen molar-refractivity contribution in [3.63, 3.8) is 0 Å². The number of hydrogen-bond acceptors (Lipinski definition) is 27. The number of methoxy groups -OCH3 is 3. The van der Waals surface area contributed by atoms with Gasteiger partial charge in [0.15, 0.2) is 17.4 Å². The third-order valence-corrected chi connectivity index (χ3v) is 24.5. The molecule has 0 radical (unpaired) electrons. The van der Waals surface area contributed by atoms with Crippen LogP contribution in [-0.2, 0) is 126 Å². The van der Waals surface area contributed by atoms with Gasteiger partial charge in [0.05, 0.1) is 62.2 Å². The number of aliphatic carboxylic acids is 2. The van der Waals surface area contributed by atoms with Crippen LogP contribution in [0.5, 0.6) is 0 Å². The molecule has 8 aromatic rings. The van der Waals surface area contributed by atoms with Crippen molar-refractivity contribution in [3.05, 3.63) is 195 Å². The molecule has 41 heteroatoms. The van der Waals surface area contributed by atoms with Gasteiger partial charge in [0, 0.05) is 147 Å². The van der Waals surface area contributed by atoms with Gasteiger partial charge in [-0.3, -0.25) is 53.1 Å². The van der Waals surface area contributed by atoms with Crippen LogP contribution in [0.25, 0.3) is 34.2 Å². The van der Waals surface area contributed by atoms with Crippen LogP contribution in [-0.4, -0.2) is 147 Å². The number of anilines is 3. The van der Waals surface area contributed by atoms with Gasteiger partial charge in [-0.1, -0.05) is 152 Å². The van der Waals surface area contributed by atoms with Crippen molar-refractivity contribution < 1.29 is 116 Å². The number of allylic oxidation sites excluding steroid dienone is 2. The Morgan fingerprint density at radius 1 is 0.569 bits per heavy atom. The van der Waals surface area contributed by atoms with E-state index in [2.05, 4.69) is 173 Å². The molecule has 6 aliphatic rings. The summed E-state index contributed by atoms with van der Waals surface area (Å²) in [5.41, 5.74) is 16.0. The number of carbonyl (C=O) groups is 8. The van der Waals surface area contributed by atoms with E-state index in [0.29, 0.717) is 105 Å². The fourth-order valence-electron chi connectivity index (χ4n) is 15.1. The van der Waals surface area contributed by atoms with Crippen LogP contribution in [0.4, 0.5) is 30.4 Å². The van der Waals surface area contributed by atoms with Gasteiger partial charge in [-0.25, -0.2) is 42.3 Å². The molecule has 5 aromatic heterocycles. The summed E-state index contributed by atoms with van der Waals surface area (Å²) >= 11 is 16.3. The molecule has 5 heterocycles. The van der Waals surface area contributed by atoms with Gasteiger partial charge in [0.25, 0.3) is 5.56 Å². The number of nitrogens with zero attached hydrogens (tertiary/aromatic N) is 7. The first-order chi connectivity index (χ1) is 66.6. The SMILES string of the molecule is CC(C)(CCC(=O)O)CC(=O)O.CC1(C)C=CC(=O)CC1.CC1(C)CCC(=O)CC1.CC1(C)Cc2nc(-c3cc(Cl)ccc3F)[nH]c(=O)c2C1.CC1(C)Cc2nc(-c3cc(Cl)ccc3F)nc(I)c2C1.CCO.CO.COC(=O)C1CC(C)(C)CC1=O.COC(=O)CCC(C)(C)CC(=O)OC.Cc1cnccc1N.Cc1cnccc1Nc1nc(-c2cc(Cl)ccc2F)nc2c1CC(C)(C)C2.O=S(Cl)Cl.[O]=[Cr](=[O])=[O]. The molecule has 0 amide bonds. The van der Waals surface area contributed by atoms with Crippen molar-refractivity contribution in [2.45, 2.75) is 260 Å². The average molecular weight is 2280 g/mol. The molecule has 2 saturated carbocycles. The number of aromatic nitrogens is 8. The number of rotatable bonds is 16. The number of nitrogens with one attached hydrogen (secondary N) is 2. The zero-order valence-corrected chi connectivity index (χ0v) is 94.0. The van der Waals surface area contributed by atoms with E-state index in [1.165, 1.54) is 69.4 Å². The Kier molecular flexibility index (Phi) is 55.2. The van der Waals surface area contributed by atoms with Crippen LogP contribution in [0, 0.1) is 84.2 Å². The number of ether oxygens (including phenoxy) is 3. The van der Waals surface area contributed by atoms with Gasteiger partial charge < -0.3 is 50.7 Å². The number of carboxylic acids is 2. The molecule has 30 nitrogen and oxygen atoms in total. The summed E-state index contributed by atoms with van der Waals surface area (Å²) in [6.07, 6.45) is 24.0. The van der Waals surface area contributed by atoms with Crippen molar-refractivity contribution in [3.8, 4) is 34.2 Å². The number of hydrogen-bond donors (Lipinski definition) is 7. The van der Waals surface area contributed by atoms with Crippen molar-refractivity contribution in [1.29, 1.82) is 0 Å². The third kappa shape index (κ3) is 49.5. The van der Waals surface area contributed by atoms with Crippen molar-refractivity contribution in [1.82, 2.24) is 39.9 Å². The Balaban J connectivity index is 0.000000552. The molecule has 8 N–H and O–H groups in total. The second-order valence-corrected chi connectivity index (χ2v) is 46.3. The van der Waals surface area contributed by atoms with Gasteiger partial charge in [0.1, 0.15) is 50.3 Å². The number of esters is 3. The summed E-state index contributed by atoms with van der Waals surface area (Å²) in [4.78, 5) is 132. The minimum absolute atomic E-state index is 0.0142. The Bertz CT molecular complexity index is 5910. The standard InChI is InChI=1S/C21H20ClFN4.C15H13ClFIN2.C15H14ClFN2O.C10H18O4.C9H14O3.C8H14O4.C8H14O.C8H12O.C6H8N2.C2H6O.CH4O.Cl2OS.Cr.3O/c1-12-11-24-7-6-17(12)25-20-15-9-21(2,3)10-18(15)26-19(27-20)14-8-13(22)4-5-16(14)23;1-15(2)6-10-12(7-15)19-14(20-13(10)18)9-5-8(16)3-4-11(9)17;1-15(2)6-10-12(7-15)18-13(19-14(10)20)9-5-8(16)3-4-11(9)17;1-10(2,7-9(12)14-4)6-5-8(11)13-3;1-9(2)4-6(7(10)5-9)8(11)12-3;1-8(2,5-7(11)12)4-3-6(9)10;2*1-8(2)5-3-7(9)4-6-8;1-5-4-8-3-2-6(5)7;1-2-3;1-2;1-4(2)3;;;;/h4-8,11H,9-10H2,1-3H3,(H,24,25,26,27);3-5H,6-7H2,1-2H3;3-5H,6-7H2,1-2H3,(H,18,19,20);5-7H2,1-4H3;6H,4-5H2,1-3H3;3-5H2,1-2H3,(H,9,10)(H,11,12);3-6H2,1-2H3;3,5H,4,6H2,1-2H3;2-4H,1H3,(H2,7,8);3H,2H2,1H3;2H,1H3;;;;;. The number of halogens is 9. The molecule has 794 valence electrons. The van der Waals surface area contributed by atoms with E-state index in [1.807, 2.05) is 53.7 Å². The van der Waals surface area contributed by atoms with E-state index >= 15 is 0 Å². The van der Waals surface area contributed by atoms with Crippen LogP contribution >= 0.6 is 78.8 Å². The predicted octanol–water partition coefficient (Wildman–Crippen LogP) is 22.9. The zero-order valence-electron chi connectivity index (χ0n) is 86.0. The summed E-state index contributed by atoms with van der Waals surface area (Å²) in [6.45, 7) is 39.0. The van der Waals surface area contributed by atoms with Crippen molar-refractivity contribution in [2.24, 2.45) is 49.2 Å². The van der Waals surface area contributed by atoms with Crippen LogP contribution in [0.15, 0.2) is 108 Å². The molecule has 1 atom stereocenters. The third-order valence-electron chi connectivity index (χ3n) is 22.9. The van der Waals surface area contributed by atoms with Crippen LogP contribution in [0.1, 0.15) is 252 Å². The number of Topliss-reactive ketones (excluding diaryl/α,β-unsaturated/α-hetero) is 2.